The van der Waals surface area contributed by atoms with Crippen molar-refractivity contribution in [2.24, 2.45) is 0 Å². The van der Waals surface area contributed by atoms with Gasteiger partial charge in [-0.2, -0.15) is 0 Å². The molecule has 1 N–H and O–H groups in total. The molecule has 0 aliphatic carbocycles. The van der Waals surface area contributed by atoms with Crippen LogP contribution in [0.25, 0.3) is 22.2 Å². The number of pyridine rings is 1. The number of carbonyl (C=O) groups excluding carboxylic acids is 1. The first kappa shape index (κ1) is 21.0. The number of aromatic amines is 1. The van der Waals surface area contributed by atoms with Crippen molar-refractivity contribution >= 4 is 16.7 Å². The fraction of sp³-hybridized carbons (Fsp3) is 0.360. The number of Topliss-reactive ketones (excluding diaryl/α,β-unsaturated/α-hetero) is 1. The molecule has 3 aromatic heterocycles. The minimum absolute atomic E-state index is 0.0226. The summed E-state index contributed by atoms with van der Waals surface area (Å²) >= 11 is 0. The van der Waals surface area contributed by atoms with Crippen LogP contribution in [-0.4, -0.2) is 25.7 Å². The van der Waals surface area contributed by atoms with Crippen molar-refractivity contribution in [1.29, 1.82) is 0 Å². The van der Waals surface area contributed by atoms with Gasteiger partial charge in [-0.05, 0) is 30.9 Å². The molecule has 0 radical (unpaired) electrons. The maximum absolute atomic E-state index is 11.9. The van der Waals surface area contributed by atoms with E-state index in [1.54, 1.807) is 0 Å². The Balaban J connectivity index is 1.32. The summed E-state index contributed by atoms with van der Waals surface area (Å²) in [6.07, 6.45) is 10.2. The topological polar surface area (TPSA) is 84.7 Å². The van der Waals surface area contributed by atoms with Gasteiger partial charge in [-0.25, -0.2) is 9.97 Å². The van der Waals surface area contributed by atoms with Crippen molar-refractivity contribution in [2.75, 3.05) is 0 Å². The number of rotatable bonds is 10. The number of fused-ring (bicyclic) bond motifs is 1. The Morgan fingerprint density at radius 3 is 2.74 bits per heavy atom. The van der Waals surface area contributed by atoms with E-state index in [1.165, 1.54) is 12.5 Å². The molecule has 0 spiro atoms. The Kier molecular flexibility index (Phi) is 6.55. The monoisotopic (exact) mass is 416 g/mol. The number of oxazole rings is 1. The lowest BCUT2D eigenvalue weighted by molar-refractivity contribution is 0.0945. The third-order valence-corrected chi connectivity index (χ3v) is 5.46. The number of aromatic nitrogens is 4. The molecule has 0 saturated carbocycles. The summed E-state index contributed by atoms with van der Waals surface area (Å²) in [6, 6.07) is 10.4. The summed E-state index contributed by atoms with van der Waals surface area (Å²) in [4.78, 5) is 28.8. The highest BCUT2D eigenvalue weighted by Crippen LogP contribution is 2.30. The minimum atomic E-state index is -0.0226. The Morgan fingerprint density at radius 2 is 1.94 bits per heavy atom. The SMILES string of the molecule is CC(C)c1nc2ccccc2cc1-c1cnc(CCCCCCC(=O)c2ncco2)[nH]1. The lowest BCUT2D eigenvalue weighted by Gasteiger charge is -2.12. The zero-order chi connectivity index (χ0) is 21.6. The van der Waals surface area contributed by atoms with Crippen molar-refractivity contribution in [3.05, 3.63) is 66.4 Å². The number of carbonyl (C=O) groups is 1. The number of unbranched alkanes of at least 4 members (excludes halogenated alkanes) is 3. The van der Waals surface area contributed by atoms with Crippen LogP contribution in [0.1, 0.15) is 74.1 Å². The fourth-order valence-electron chi connectivity index (χ4n) is 3.81. The molecule has 0 aliphatic rings. The van der Waals surface area contributed by atoms with Crippen LogP contribution in [0.3, 0.4) is 0 Å². The van der Waals surface area contributed by atoms with Crippen molar-refractivity contribution in [3.63, 3.8) is 0 Å². The molecule has 4 rings (SSSR count). The number of benzene rings is 1. The molecule has 0 unspecified atom stereocenters. The molecule has 0 fully saturated rings. The van der Waals surface area contributed by atoms with Crippen molar-refractivity contribution in [2.45, 2.75) is 58.3 Å². The van der Waals surface area contributed by atoms with E-state index in [2.05, 4.69) is 47.0 Å². The summed E-state index contributed by atoms with van der Waals surface area (Å²) < 4.78 is 5.04. The number of aryl methyl sites for hydroxylation is 1. The lowest BCUT2D eigenvalue weighted by Crippen LogP contribution is -1.99. The van der Waals surface area contributed by atoms with Crippen LogP contribution in [0, 0.1) is 0 Å². The van der Waals surface area contributed by atoms with Crippen LogP contribution in [0.4, 0.5) is 0 Å². The van der Waals surface area contributed by atoms with E-state index in [-0.39, 0.29) is 11.7 Å². The Bertz CT molecular complexity index is 1150. The van der Waals surface area contributed by atoms with Gasteiger partial charge in [0.2, 0.25) is 5.78 Å². The van der Waals surface area contributed by atoms with Gasteiger partial charge in [0.05, 0.1) is 29.3 Å². The average Bonchev–Trinajstić information content (AvgIpc) is 3.47. The first-order valence-corrected chi connectivity index (χ1v) is 11.0. The number of H-pyrrole nitrogens is 1. The van der Waals surface area contributed by atoms with E-state index >= 15 is 0 Å². The van der Waals surface area contributed by atoms with Gasteiger partial charge in [0.15, 0.2) is 0 Å². The second-order valence-corrected chi connectivity index (χ2v) is 8.19. The van der Waals surface area contributed by atoms with E-state index in [0.29, 0.717) is 12.3 Å². The van der Waals surface area contributed by atoms with E-state index in [1.807, 2.05) is 18.3 Å². The number of imidazole rings is 1. The van der Waals surface area contributed by atoms with Crippen LogP contribution < -0.4 is 0 Å². The highest BCUT2D eigenvalue weighted by Gasteiger charge is 2.14. The third-order valence-electron chi connectivity index (χ3n) is 5.46. The van der Waals surface area contributed by atoms with Gasteiger partial charge in [-0.3, -0.25) is 9.78 Å². The van der Waals surface area contributed by atoms with Crippen molar-refractivity contribution in [3.8, 4) is 11.3 Å². The van der Waals surface area contributed by atoms with Gasteiger partial charge in [0, 0.05) is 23.8 Å². The number of nitrogens with zero attached hydrogens (tertiary/aromatic N) is 3. The highest BCUT2D eigenvalue weighted by atomic mass is 16.3. The first-order valence-electron chi connectivity index (χ1n) is 11.0. The van der Waals surface area contributed by atoms with Gasteiger partial charge in [-0.1, -0.05) is 44.9 Å². The van der Waals surface area contributed by atoms with E-state index < -0.39 is 0 Å². The summed E-state index contributed by atoms with van der Waals surface area (Å²) in [5.74, 6) is 1.51. The molecule has 6 nitrogen and oxygen atoms in total. The maximum Gasteiger partial charge on any atom is 0.263 e. The normalized spacial score (nSPS) is 11.5. The number of ketones is 1. The number of nitrogens with one attached hydrogen (secondary N) is 1. The smallest absolute Gasteiger partial charge is 0.263 e. The molecule has 0 atom stereocenters. The molecular formula is C25H28N4O2. The minimum Gasteiger partial charge on any atom is -0.442 e. The quantitative estimate of drug-likeness (QED) is 0.249. The standard InChI is InChI=1S/C25H28N4O2/c1-17(2)24-19(15-18-9-7-8-10-20(18)29-24)21-16-27-23(28-21)12-6-4-3-5-11-22(30)25-26-13-14-31-25/h7-10,13-17H,3-6,11-12H2,1-2H3,(H,27,28). The van der Waals surface area contributed by atoms with Crippen LogP contribution in [-0.2, 0) is 6.42 Å². The zero-order valence-electron chi connectivity index (χ0n) is 18.1. The molecule has 0 amide bonds. The van der Waals surface area contributed by atoms with Gasteiger partial charge >= 0.3 is 0 Å². The van der Waals surface area contributed by atoms with E-state index in [9.17, 15) is 4.79 Å². The maximum atomic E-state index is 11.9. The second kappa shape index (κ2) is 9.69. The predicted molar refractivity (Wildman–Crippen MR) is 121 cm³/mol. The second-order valence-electron chi connectivity index (χ2n) is 8.19. The Morgan fingerprint density at radius 1 is 1.10 bits per heavy atom. The molecule has 0 aliphatic heterocycles. The van der Waals surface area contributed by atoms with Crippen LogP contribution in [0.15, 0.2) is 53.4 Å². The summed E-state index contributed by atoms with van der Waals surface area (Å²) in [6.45, 7) is 4.34. The third kappa shape index (κ3) is 5.08. The Labute approximate surface area is 182 Å². The lowest BCUT2D eigenvalue weighted by atomic mass is 9.99. The van der Waals surface area contributed by atoms with E-state index in [0.717, 1.165) is 65.8 Å². The van der Waals surface area contributed by atoms with E-state index in [4.69, 9.17) is 9.40 Å². The number of hydrogen-bond donors (Lipinski definition) is 1. The Hall–Kier alpha value is -3.28. The zero-order valence-corrected chi connectivity index (χ0v) is 18.1. The fourth-order valence-corrected chi connectivity index (χ4v) is 3.81. The van der Waals surface area contributed by atoms with Gasteiger partial charge in [-0.15, -0.1) is 0 Å². The number of hydrogen-bond acceptors (Lipinski definition) is 5. The van der Waals surface area contributed by atoms with Crippen LogP contribution in [0.2, 0.25) is 0 Å². The summed E-state index contributed by atoms with van der Waals surface area (Å²) in [5, 5.41) is 1.14. The first-order chi connectivity index (χ1) is 15.1. The molecule has 160 valence electrons. The van der Waals surface area contributed by atoms with Gasteiger partial charge in [0.1, 0.15) is 12.1 Å². The van der Waals surface area contributed by atoms with Gasteiger partial charge in [0.25, 0.3) is 5.89 Å². The van der Waals surface area contributed by atoms with Crippen molar-refractivity contribution in [1.82, 2.24) is 19.9 Å². The molecule has 0 bridgehead atoms. The molecule has 6 heteroatoms. The predicted octanol–water partition coefficient (Wildman–Crippen LogP) is 6.11. The molecule has 31 heavy (non-hydrogen) atoms. The highest BCUT2D eigenvalue weighted by molar-refractivity contribution is 5.91. The molecule has 0 saturated heterocycles. The van der Waals surface area contributed by atoms with Crippen LogP contribution >= 0.6 is 0 Å². The number of para-hydroxylation sites is 1. The summed E-state index contributed by atoms with van der Waals surface area (Å²) in [5.41, 5.74) is 4.26. The average molecular weight is 417 g/mol. The van der Waals surface area contributed by atoms with Crippen molar-refractivity contribution < 1.29 is 9.21 Å². The largest absolute Gasteiger partial charge is 0.442 e. The molecular weight excluding hydrogens is 388 g/mol. The van der Waals surface area contributed by atoms with Gasteiger partial charge < -0.3 is 9.40 Å². The van der Waals surface area contributed by atoms with Crippen LogP contribution in [0.5, 0.6) is 0 Å². The molecule has 3 heterocycles. The summed E-state index contributed by atoms with van der Waals surface area (Å²) in [7, 11) is 0. The molecule has 1 aromatic carbocycles. The molecule has 4 aromatic rings.